The summed E-state index contributed by atoms with van der Waals surface area (Å²) < 4.78 is 0. The molecule has 0 aliphatic heterocycles. The van der Waals surface area contributed by atoms with Crippen LogP contribution < -0.4 is 0 Å². The van der Waals surface area contributed by atoms with Crippen LogP contribution in [0.5, 0.6) is 0 Å². The Morgan fingerprint density at radius 1 is 0.667 bits per heavy atom. The minimum Gasteiger partial charge on any atom is -0.300 e. The molecular weight excluding hydrogens is 516 g/mol. The summed E-state index contributed by atoms with van der Waals surface area (Å²) in [5.41, 5.74) is 3.04. The van der Waals surface area contributed by atoms with E-state index in [2.05, 4.69) is 31.9 Å². The van der Waals surface area contributed by atoms with E-state index >= 15 is 0 Å². The van der Waals surface area contributed by atoms with E-state index in [1.165, 1.54) is 11.1 Å². The van der Waals surface area contributed by atoms with Crippen molar-refractivity contribution in [3.05, 3.63) is 73.4 Å². The first-order valence-electron chi connectivity index (χ1n) is 14.1. The molecule has 5 aliphatic carbocycles. The lowest BCUT2D eigenvalue weighted by atomic mass is 9.80. The van der Waals surface area contributed by atoms with Gasteiger partial charge in [-0.25, -0.2) is 0 Å². The molecule has 1 spiro atoms. The molecule has 2 fully saturated rings. The van der Waals surface area contributed by atoms with E-state index in [0.717, 1.165) is 89.9 Å². The van der Waals surface area contributed by atoms with Gasteiger partial charge in [0.2, 0.25) is 0 Å². The lowest BCUT2D eigenvalue weighted by Gasteiger charge is -2.24. The fourth-order valence-electron chi connectivity index (χ4n) is 5.88. The topological polar surface area (TPSA) is 68.3 Å². The fourth-order valence-corrected chi connectivity index (χ4v) is 5.88. The summed E-state index contributed by atoms with van der Waals surface area (Å²) in [5.74, 6) is 1.44. The highest BCUT2D eigenvalue weighted by Crippen LogP contribution is 2.46. The average Bonchev–Trinajstić information content (AvgIpc) is 3.69. The maximum atomic E-state index is 11.1. The van der Waals surface area contributed by atoms with Crippen LogP contribution >= 0.6 is 0 Å². The summed E-state index contributed by atoms with van der Waals surface area (Å²) in [4.78, 5) is 43.1. The van der Waals surface area contributed by atoms with Gasteiger partial charge in [0.25, 0.3) is 0 Å². The third kappa shape index (κ3) is 15.0. The quantitative estimate of drug-likeness (QED) is 0.271. The molecule has 0 saturated heterocycles. The summed E-state index contributed by atoms with van der Waals surface area (Å²) >= 11 is 0. The van der Waals surface area contributed by atoms with E-state index in [4.69, 9.17) is 0 Å². The molecule has 0 amide bonds. The molecule has 4 nitrogen and oxygen atoms in total. The molecule has 0 unspecified atom stereocenters. The molecular formula is C34H46B4O4. The van der Waals surface area contributed by atoms with E-state index < -0.39 is 0 Å². The third-order valence-electron chi connectivity index (χ3n) is 8.07. The molecule has 8 heteroatoms. The van der Waals surface area contributed by atoms with Crippen molar-refractivity contribution >= 4 is 56.8 Å². The first kappa shape index (κ1) is 43.8. The van der Waals surface area contributed by atoms with Crippen LogP contribution in [0.2, 0.25) is 0 Å². The van der Waals surface area contributed by atoms with Gasteiger partial charge in [-0.1, -0.05) is 41.5 Å². The fraction of sp³-hybridized carbons (Fsp3) is 0.529. The smallest absolute Gasteiger partial charge is 0.155 e. The lowest BCUT2D eigenvalue weighted by molar-refractivity contribution is -0.118. The Morgan fingerprint density at radius 2 is 1.19 bits per heavy atom. The summed E-state index contributed by atoms with van der Waals surface area (Å²) in [6.45, 7) is 13.0. The Kier molecular flexibility index (Phi) is 23.0. The van der Waals surface area contributed by atoms with Crippen molar-refractivity contribution in [3.63, 3.8) is 0 Å². The second kappa shape index (κ2) is 22.0. The average molecular weight is 562 g/mol. The van der Waals surface area contributed by atoms with E-state index in [9.17, 15) is 19.2 Å². The van der Waals surface area contributed by atoms with Crippen molar-refractivity contribution in [2.45, 2.75) is 103 Å². The number of ketones is 4. The van der Waals surface area contributed by atoms with Crippen molar-refractivity contribution in [3.8, 4) is 0 Å². The van der Waals surface area contributed by atoms with Crippen LogP contribution in [0.3, 0.4) is 0 Å². The number of carbonyl (C=O) groups excluding carboxylic acids is 4. The van der Waals surface area contributed by atoms with Crippen LogP contribution in [0, 0.1) is 10.8 Å². The third-order valence-corrected chi connectivity index (χ3v) is 8.07. The molecule has 218 valence electrons. The molecule has 12 radical (unpaired) electrons. The van der Waals surface area contributed by atoms with Crippen LogP contribution in [0.15, 0.2) is 73.4 Å². The standard InChI is InChI=1S/C11H16O.C9H12O.C8H10O.C6H8O.4B/c1-3-6-11(7-4-2)8-5-10(12)9-11;10-8-3-6-9(7-8)4-1-2-5-9;1-2-3-7-4-5-8(9)6-7;1-5-2-3-6(7)4-5;;;;/h3-4H,1-2,5-9H2;1-2H,3-7H2;2,6H,1,3-5H2;4H,2-3H2,1H3;;;;. The molecule has 2 saturated carbocycles. The minimum absolute atomic E-state index is 0. The number of hydrogen-bond acceptors (Lipinski definition) is 4. The molecule has 0 aromatic rings. The Balaban J connectivity index is -0.000000474. The van der Waals surface area contributed by atoms with Crippen molar-refractivity contribution in [1.82, 2.24) is 0 Å². The van der Waals surface area contributed by atoms with E-state index in [-0.39, 0.29) is 50.6 Å². The zero-order valence-electron chi connectivity index (χ0n) is 25.7. The number of rotatable bonds is 6. The number of hydrogen-bond donors (Lipinski definition) is 0. The first-order valence-corrected chi connectivity index (χ1v) is 14.1. The van der Waals surface area contributed by atoms with Gasteiger partial charge in [-0.2, -0.15) is 0 Å². The molecule has 5 rings (SSSR count). The van der Waals surface area contributed by atoms with Crippen LogP contribution in [-0.2, 0) is 19.2 Å². The van der Waals surface area contributed by atoms with Crippen LogP contribution in [-0.4, -0.2) is 56.8 Å². The zero-order valence-corrected chi connectivity index (χ0v) is 25.7. The van der Waals surface area contributed by atoms with Gasteiger partial charge in [0.1, 0.15) is 11.6 Å². The van der Waals surface area contributed by atoms with Gasteiger partial charge in [0.05, 0.1) is 0 Å². The summed E-state index contributed by atoms with van der Waals surface area (Å²) in [5, 5.41) is 0. The molecule has 0 heterocycles. The molecule has 5 aliphatic rings. The summed E-state index contributed by atoms with van der Waals surface area (Å²) in [6.07, 6.45) is 27.4. The van der Waals surface area contributed by atoms with Crippen molar-refractivity contribution < 1.29 is 19.2 Å². The number of allylic oxidation sites excluding steroid dienone is 9. The highest BCUT2D eigenvalue weighted by molar-refractivity contribution is 5.93. The van der Waals surface area contributed by atoms with Crippen molar-refractivity contribution in [2.24, 2.45) is 10.8 Å². The predicted octanol–water partition coefficient (Wildman–Crippen LogP) is 6.58. The molecule has 0 aromatic heterocycles. The van der Waals surface area contributed by atoms with Gasteiger partial charge < -0.3 is 0 Å². The predicted molar refractivity (Wildman–Crippen MR) is 179 cm³/mol. The number of Topliss-reactive ketones (excluding diaryl/α,β-unsaturated/α-hetero) is 2. The van der Waals surface area contributed by atoms with Gasteiger partial charge in [-0.3, -0.25) is 19.2 Å². The van der Waals surface area contributed by atoms with E-state index in [0.29, 0.717) is 23.4 Å². The molecule has 0 bridgehead atoms. The summed E-state index contributed by atoms with van der Waals surface area (Å²) in [7, 11) is 0. The van der Waals surface area contributed by atoms with Gasteiger partial charge in [0, 0.05) is 72.2 Å². The molecule has 42 heavy (non-hydrogen) atoms. The van der Waals surface area contributed by atoms with Gasteiger partial charge in [-0.05, 0) is 87.7 Å². The largest absolute Gasteiger partial charge is 0.300 e. The minimum atomic E-state index is 0. The van der Waals surface area contributed by atoms with E-state index in [1.807, 2.05) is 25.2 Å². The van der Waals surface area contributed by atoms with Gasteiger partial charge in [0.15, 0.2) is 11.6 Å². The lowest BCUT2D eigenvalue weighted by Crippen LogP contribution is -2.14. The van der Waals surface area contributed by atoms with Crippen molar-refractivity contribution in [1.29, 1.82) is 0 Å². The SMILES string of the molecule is C=CCC1(CC=C)CCC(=O)C1.C=CCC1=CC(=O)CC1.CC1=CC(=O)CC1.O=C1CCC2(CC=CC2)C1.[B].[B].[B].[B]. The van der Waals surface area contributed by atoms with Gasteiger partial charge >= 0.3 is 0 Å². The Hall–Kier alpha value is -2.62. The second-order valence-electron chi connectivity index (χ2n) is 11.5. The van der Waals surface area contributed by atoms with Gasteiger partial charge in [-0.15, -0.1) is 19.7 Å². The maximum Gasteiger partial charge on any atom is 0.155 e. The normalized spacial score (nSPS) is 19.9. The van der Waals surface area contributed by atoms with Crippen molar-refractivity contribution in [2.75, 3.05) is 0 Å². The highest BCUT2D eigenvalue weighted by atomic mass is 16.1. The highest BCUT2D eigenvalue weighted by Gasteiger charge is 2.38. The zero-order chi connectivity index (χ0) is 28.0. The Labute approximate surface area is 263 Å². The van der Waals surface area contributed by atoms with Crippen LogP contribution in [0.25, 0.3) is 0 Å². The molecule has 0 atom stereocenters. The van der Waals surface area contributed by atoms with Crippen LogP contribution in [0.4, 0.5) is 0 Å². The number of carbonyl (C=O) groups is 4. The first-order chi connectivity index (χ1) is 18.1. The second-order valence-corrected chi connectivity index (χ2v) is 11.5. The van der Waals surface area contributed by atoms with E-state index in [1.54, 1.807) is 12.2 Å². The molecule has 0 aromatic carbocycles. The summed E-state index contributed by atoms with van der Waals surface area (Å²) in [6, 6.07) is 0. The van der Waals surface area contributed by atoms with Crippen LogP contribution in [0.1, 0.15) is 103 Å². The maximum absolute atomic E-state index is 11.1. The molecule has 0 N–H and O–H groups in total. The monoisotopic (exact) mass is 562 g/mol. The Morgan fingerprint density at radius 3 is 1.52 bits per heavy atom. The Bertz CT molecular complexity index is 1000.